The Bertz CT molecular complexity index is 570. The number of nitrogens with zero attached hydrogens (tertiary/aromatic N) is 3. The summed E-state index contributed by atoms with van der Waals surface area (Å²) >= 11 is 0. The van der Waals surface area contributed by atoms with Gasteiger partial charge in [-0.25, -0.2) is 4.39 Å². The minimum atomic E-state index is -0.226. The Morgan fingerprint density at radius 1 is 1.29 bits per heavy atom. The number of hydrogen-bond donors (Lipinski definition) is 0. The summed E-state index contributed by atoms with van der Waals surface area (Å²) in [6.45, 7) is 3.90. The summed E-state index contributed by atoms with van der Waals surface area (Å²) < 4.78 is 13.9. The molecule has 0 atom stereocenters. The van der Waals surface area contributed by atoms with Crippen molar-refractivity contribution in [2.45, 2.75) is 32.7 Å². The molecule has 1 aliphatic rings. The van der Waals surface area contributed by atoms with Crippen LogP contribution in [0.5, 0.6) is 0 Å². The highest BCUT2D eigenvalue weighted by molar-refractivity contribution is 5.64. The van der Waals surface area contributed by atoms with Gasteiger partial charge >= 0.3 is 0 Å². The van der Waals surface area contributed by atoms with E-state index >= 15 is 0 Å². The largest absolute Gasteiger partial charge is 0.206 e. The standard InChI is InChI=1S/C13H14FN3/c1-8-3-6-11(14)13(9(8)2)12-7-15-17(16-12)10-4-5-10/h3,6-7,10H,4-5H2,1-2H3. The molecule has 0 amide bonds. The van der Waals surface area contributed by atoms with Crippen LogP contribution >= 0.6 is 0 Å². The van der Waals surface area contributed by atoms with E-state index < -0.39 is 0 Å². The smallest absolute Gasteiger partial charge is 0.133 e. The van der Waals surface area contributed by atoms with E-state index in [1.165, 1.54) is 6.07 Å². The molecule has 0 radical (unpaired) electrons. The molecule has 1 saturated carbocycles. The summed E-state index contributed by atoms with van der Waals surface area (Å²) in [5, 5.41) is 8.58. The highest BCUT2D eigenvalue weighted by Crippen LogP contribution is 2.34. The molecule has 1 aromatic heterocycles. The Morgan fingerprint density at radius 3 is 2.76 bits per heavy atom. The fourth-order valence-corrected chi connectivity index (χ4v) is 1.97. The third kappa shape index (κ3) is 1.73. The van der Waals surface area contributed by atoms with Gasteiger partial charge in [-0.15, -0.1) is 0 Å². The van der Waals surface area contributed by atoms with Gasteiger partial charge in [0.25, 0.3) is 0 Å². The van der Waals surface area contributed by atoms with Crippen molar-refractivity contribution in [3.05, 3.63) is 35.3 Å². The van der Waals surface area contributed by atoms with Crippen LogP contribution in [-0.2, 0) is 0 Å². The summed E-state index contributed by atoms with van der Waals surface area (Å²) in [7, 11) is 0. The van der Waals surface area contributed by atoms with Crippen molar-refractivity contribution in [2.75, 3.05) is 0 Å². The third-order valence-corrected chi connectivity index (χ3v) is 3.32. The molecular formula is C13H14FN3. The summed E-state index contributed by atoms with van der Waals surface area (Å²) in [5.41, 5.74) is 3.22. The minimum absolute atomic E-state index is 0.226. The van der Waals surface area contributed by atoms with Gasteiger partial charge < -0.3 is 0 Å². The second-order valence-electron chi connectivity index (χ2n) is 4.65. The number of benzene rings is 1. The monoisotopic (exact) mass is 231 g/mol. The highest BCUT2D eigenvalue weighted by Gasteiger charge is 2.26. The summed E-state index contributed by atoms with van der Waals surface area (Å²) in [6, 6.07) is 3.71. The number of halogens is 1. The second kappa shape index (κ2) is 3.65. The van der Waals surface area contributed by atoms with Gasteiger partial charge in [-0.05, 0) is 43.9 Å². The van der Waals surface area contributed by atoms with Gasteiger partial charge in [-0.1, -0.05) is 6.07 Å². The molecule has 2 aromatic rings. The van der Waals surface area contributed by atoms with E-state index in [1.807, 2.05) is 13.8 Å². The lowest BCUT2D eigenvalue weighted by Crippen LogP contribution is -1.99. The molecule has 0 aliphatic heterocycles. The van der Waals surface area contributed by atoms with E-state index in [9.17, 15) is 4.39 Å². The van der Waals surface area contributed by atoms with Crippen LogP contribution in [0, 0.1) is 19.7 Å². The van der Waals surface area contributed by atoms with Crippen LogP contribution in [0.15, 0.2) is 18.3 Å². The van der Waals surface area contributed by atoms with Gasteiger partial charge in [0, 0.05) is 5.56 Å². The van der Waals surface area contributed by atoms with Crippen molar-refractivity contribution in [3.63, 3.8) is 0 Å². The molecular weight excluding hydrogens is 217 g/mol. The SMILES string of the molecule is Cc1ccc(F)c(-c2cnn(C3CC3)n2)c1C. The quantitative estimate of drug-likeness (QED) is 0.795. The Morgan fingerprint density at radius 2 is 2.06 bits per heavy atom. The lowest BCUT2D eigenvalue weighted by Gasteiger charge is -2.06. The molecule has 88 valence electrons. The lowest BCUT2D eigenvalue weighted by molar-refractivity contribution is 0.554. The number of aryl methyl sites for hydroxylation is 1. The average Bonchev–Trinajstić information content (AvgIpc) is 3.05. The normalized spacial score (nSPS) is 15.2. The maximum Gasteiger partial charge on any atom is 0.133 e. The van der Waals surface area contributed by atoms with Crippen molar-refractivity contribution in [2.24, 2.45) is 0 Å². The van der Waals surface area contributed by atoms with Crippen LogP contribution in [0.25, 0.3) is 11.3 Å². The molecule has 3 rings (SSSR count). The van der Waals surface area contributed by atoms with Crippen LogP contribution in [0.3, 0.4) is 0 Å². The van der Waals surface area contributed by atoms with Crippen LogP contribution in [-0.4, -0.2) is 15.0 Å². The summed E-state index contributed by atoms with van der Waals surface area (Å²) in [4.78, 5) is 1.70. The fourth-order valence-electron chi connectivity index (χ4n) is 1.97. The van der Waals surface area contributed by atoms with Crippen molar-refractivity contribution in [1.29, 1.82) is 0 Å². The van der Waals surface area contributed by atoms with Crippen molar-refractivity contribution >= 4 is 0 Å². The zero-order valence-corrected chi connectivity index (χ0v) is 9.94. The van der Waals surface area contributed by atoms with Crippen LogP contribution < -0.4 is 0 Å². The average molecular weight is 231 g/mol. The third-order valence-electron chi connectivity index (χ3n) is 3.32. The van der Waals surface area contributed by atoms with Crippen LogP contribution in [0.1, 0.15) is 30.0 Å². The predicted molar refractivity (Wildman–Crippen MR) is 63.2 cm³/mol. The van der Waals surface area contributed by atoms with Crippen LogP contribution in [0.4, 0.5) is 4.39 Å². The maximum atomic E-state index is 13.9. The first-order valence-corrected chi connectivity index (χ1v) is 5.84. The topological polar surface area (TPSA) is 30.7 Å². The lowest BCUT2D eigenvalue weighted by atomic mass is 10.0. The van der Waals surface area contributed by atoms with E-state index in [1.54, 1.807) is 17.1 Å². The molecule has 0 saturated heterocycles. The van der Waals surface area contributed by atoms with Crippen molar-refractivity contribution < 1.29 is 4.39 Å². The Balaban J connectivity index is 2.10. The molecule has 0 spiro atoms. The summed E-state index contributed by atoms with van der Waals surface area (Å²) in [6.07, 6.45) is 3.91. The number of hydrogen-bond acceptors (Lipinski definition) is 2. The number of aromatic nitrogens is 3. The molecule has 1 fully saturated rings. The van der Waals surface area contributed by atoms with Crippen molar-refractivity contribution in [3.8, 4) is 11.3 Å². The first-order valence-electron chi connectivity index (χ1n) is 5.84. The molecule has 1 aromatic carbocycles. The van der Waals surface area contributed by atoms with Gasteiger partial charge in [0.2, 0.25) is 0 Å². The molecule has 4 heteroatoms. The van der Waals surface area contributed by atoms with E-state index in [4.69, 9.17) is 0 Å². The highest BCUT2D eigenvalue weighted by atomic mass is 19.1. The van der Waals surface area contributed by atoms with Gasteiger partial charge in [-0.2, -0.15) is 15.0 Å². The Hall–Kier alpha value is -1.71. The Labute approximate surface area is 99.3 Å². The molecule has 17 heavy (non-hydrogen) atoms. The van der Waals surface area contributed by atoms with Gasteiger partial charge in [0.1, 0.15) is 11.5 Å². The molecule has 3 nitrogen and oxygen atoms in total. The number of rotatable bonds is 2. The zero-order chi connectivity index (χ0) is 12.0. The zero-order valence-electron chi connectivity index (χ0n) is 9.94. The molecule has 0 N–H and O–H groups in total. The Kier molecular flexibility index (Phi) is 2.24. The fraction of sp³-hybridized carbons (Fsp3) is 0.385. The van der Waals surface area contributed by atoms with Gasteiger partial charge in [-0.3, -0.25) is 0 Å². The van der Waals surface area contributed by atoms with Gasteiger partial charge in [0.15, 0.2) is 0 Å². The predicted octanol–water partition coefficient (Wildman–Crippen LogP) is 3.04. The molecule has 0 unspecified atom stereocenters. The van der Waals surface area contributed by atoms with Gasteiger partial charge in [0.05, 0.1) is 12.2 Å². The first-order chi connectivity index (χ1) is 8.16. The van der Waals surface area contributed by atoms with E-state index in [-0.39, 0.29) is 5.82 Å². The van der Waals surface area contributed by atoms with Crippen molar-refractivity contribution in [1.82, 2.24) is 15.0 Å². The van der Waals surface area contributed by atoms with E-state index in [0.29, 0.717) is 17.3 Å². The molecule has 1 heterocycles. The molecule has 0 bridgehead atoms. The summed E-state index contributed by atoms with van der Waals surface area (Å²) in [5.74, 6) is -0.226. The van der Waals surface area contributed by atoms with E-state index in [2.05, 4.69) is 10.2 Å². The van der Waals surface area contributed by atoms with E-state index in [0.717, 1.165) is 24.0 Å². The minimum Gasteiger partial charge on any atom is -0.206 e. The van der Waals surface area contributed by atoms with Crippen LogP contribution in [0.2, 0.25) is 0 Å². The maximum absolute atomic E-state index is 13.9. The molecule has 1 aliphatic carbocycles. The second-order valence-corrected chi connectivity index (χ2v) is 4.65. The first kappa shape index (κ1) is 10.4.